The molecule has 0 amide bonds. The summed E-state index contributed by atoms with van der Waals surface area (Å²) in [7, 11) is 1.42. The van der Waals surface area contributed by atoms with Crippen molar-refractivity contribution in [3.8, 4) is 0 Å². The summed E-state index contributed by atoms with van der Waals surface area (Å²) in [5, 5.41) is 0. The molecule has 3 unspecified atom stereocenters. The van der Waals surface area contributed by atoms with E-state index in [-0.39, 0.29) is 30.3 Å². The van der Waals surface area contributed by atoms with Crippen LogP contribution in [0.5, 0.6) is 0 Å². The van der Waals surface area contributed by atoms with Gasteiger partial charge in [-0.05, 0) is 69.9 Å². The summed E-state index contributed by atoms with van der Waals surface area (Å²) in [6.45, 7) is 6.08. The Hall–Kier alpha value is -1.70. The van der Waals surface area contributed by atoms with Crippen molar-refractivity contribution in [2.75, 3.05) is 7.11 Å². The van der Waals surface area contributed by atoms with Gasteiger partial charge in [-0.3, -0.25) is 4.79 Å². The summed E-state index contributed by atoms with van der Waals surface area (Å²) < 4.78 is 23.8. The van der Waals surface area contributed by atoms with Crippen molar-refractivity contribution in [1.82, 2.24) is 0 Å². The molecule has 6 nitrogen and oxygen atoms in total. The third-order valence-corrected chi connectivity index (χ3v) is 6.79. The minimum atomic E-state index is -0.625. The largest absolute Gasteiger partial charge is 0.469 e. The van der Waals surface area contributed by atoms with Crippen LogP contribution in [0.4, 0.5) is 0 Å². The molecule has 0 radical (unpaired) electrons. The molecule has 0 aliphatic carbocycles. The minimum absolute atomic E-state index is 0.000404. The number of carbonyl (C=O) groups is 2. The van der Waals surface area contributed by atoms with Crippen LogP contribution in [0.1, 0.15) is 102 Å². The van der Waals surface area contributed by atoms with Gasteiger partial charge >= 0.3 is 11.9 Å². The molecule has 1 aliphatic rings. The SMILES string of the molecule is CCCCCC1OC(C)(C)OC1/C=C/C(CCCCCCCC(=O)OC)OC(=O)c1ccc(Br)cc1. The van der Waals surface area contributed by atoms with Gasteiger partial charge in [0.05, 0.1) is 18.8 Å². The maximum absolute atomic E-state index is 12.8. The summed E-state index contributed by atoms with van der Waals surface area (Å²) in [6, 6.07) is 7.19. The van der Waals surface area contributed by atoms with Crippen LogP contribution in [0.15, 0.2) is 40.9 Å². The van der Waals surface area contributed by atoms with Crippen LogP contribution >= 0.6 is 15.9 Å². The predicted octanol–water partition coefficient (Wildman–Crippen LogP) is 7.53. The van der Waals surface area contributed by atoms with Gasteiger partial charge in [-0.25, -0.2) is 4.79 Å². The Morgan fingerprint density at radius 3 is 2.42 bits per heavy atom. The van der Waals surface area contributed by atoms with Gasteiger partial charge in [0, 0.05) is 10.9 Å². The average Bonchev–Trinajstić information content (AvgIpc) is 3.15. The van der Waals surface area contributed by atoms with Crippen molar-refractivity contribution in [2.45, 2.75) is 115 Å². The maximum Gasteiger partial charge on any atom is 0.338 e. The normalized spacial score (nSPS) is 19.9. The maximum atomic E-state index is 12.8. The summed E-state index contributed by atoms with van der Waals surface area (Å²) >= 11 is 3.40. The van der Waals surface area contributed by atoms with E-state index in [2.05, 4.69) is 27.6 Å². The number of rotatable bonds is 16. The fourth-order valence-corrected chi connectivity index (χ4v) is 4.58. The van der Waals surface area contributed by atoms with Gasteiger partial charge in [0.25, 0.3) is 0 Å². The van der Waals surface area contributed by atoms with Gasteiger partial charge in [0.2, 0.25) is 0 Å². The predicted molar refractivity (Wildman–Crippen MR) is 145 cm³/mol. The highest BCUT2D eigenvalue weighted by molar-refractivity contribution is 9.10. The van der Waals surface area contributed by atoms with Crippen LogP contribution in [-0.2, 0) is 23.7 Å². The number of halogens is 1. The Morgan fingerprint density at radius 1 is 1.03 bits per heavy atom. The van der Waals surface area contributed by atoms with Gasteiger partial charge in [-0.2, -0.15) is 0 Å². The number of hydrogen-bond donors (Lipinski definition) is 0. The molecule has 0 spiro atoms. The van der Waals surface area contributed by atoms with Gasteiger partial charge in [-0.1, -0.05) is 67.5 Å². The quantitative estimate of drug-likeness (QED) is 0.117. The molecule has 1 heterocycles. The zero-order valence-corrected chi connectivity index (χ0v) is 23.9. The molecule has 1 fully saturated rings. The lowest BCUT2D eigenvalue weighted by Crippen LogP contribution is -2.22. The second kappa shape index (κ2) is 16.2. The van der Waals surface area contributed by atoms with E-state index in [1.807, 2.05) is 38.1 Å². The van der Waals surface area contributed by atoms with E-state index in [9.17, 15) is 9.59 Å². The summed E-state index contributed by atoms with van der Waals surface area (Å²) in [4.78, 5) is 24.0. The van der Waals surface area contributed by atoms with Crippen molar-refractivity contribution in [3.05, 3.63) is 46.5 Å². The van der Waals surface area contributed by atoms with Crippen molar-refractivity contribution >= 4 is 27.9 Å². The van der Waals surface area contributed by atoms with E-state index in [1.54, 1.807) is 12.1 Å². The van der Waals surface area contributed by atoms with E-state index in [4.69, 9.17) is 14.2 Å². The van der Waals surface area contributed by atoms with Crippen LogP contribution < -0.4 is 0 Å². The summed E-state index contributed by atoms with van der Waals surface area (Å²) in [6.07, 6.45) is 13.8. The van der Waals surface area contributed by atoms with Crippen LogP contribution in [0, 0.1) is 0 Å². The molecule has 3 atom stereocenters. The van der Waals surface area contributed by atoms with E-state index < -0.39 is 5.79 Å². The number of ether oxygens (including phenoxy) is 4. The molecule has 36 heavy (non-hydrogen) atoms. The summed E-state index contributed by atoms with van der Waals surface area (Å²) in [5.74, 6) is -1.12. The molecule has 0 N–H and O–H groups in total. The smallest absolute Gasteiger partial charge is 0.338 e. The molecule has 7 heteroatoms. The first-order valence-electron chi connectivity index (χ1n) is 13.3. The van der Waals surface area contributed by atoms with Crippen LogP contribution in [0.2, 0.25) is 0 Å². The van der Waals surface area contributed by atoms with Crippen molar-refractivity contribution < 1.29 is 28.5 Å². The average molecular weight is 568 g/mol. The third kappa shape index (κ3) is 11.6. The van der Waals surface area contributed by atoms with E-state index in [1.165, 1.54) is 13.5 Å². The second-order valence-corrected chi connectivity index (χ2v) is 10.8. The van der Waals surface area contributed by atoms with E-state index >= 15 is 0 Å². The lowest BCUT2D eigenvalue weighted by atomic mass is 10.0. The number of unbranched alkanes of at least 4 members (excludes halogenated alkanes) is 6. The number of hydrogen-bond acceptors (Lipinski definition) is 6. The van der Waals surface area contributed by atoms with Crippen LogP contribution in [-0.4, -0.2) is 43.1 Å². The molecule has 0 bridgehead atoms. The highest BCUT2D eigenvalue weighted by atomic mass is 79.9. The fraction of sp³-hybridized carbons (Fsp3) is 0.655. The Labute approximate surface area is 225 Å². The van der Waals surface area contributed by atoms with Crippen molar-refractivity contribution in [1.29, 1.82) is 0 Å². The molecular formula is C29H43BrO6. The highest BCUT2D eigenvalue weighted by Gasteiger charge is 2.39. The topological polar surface area (TPSA) is 71.1 Å². The zero-order chi connectivity index (χ0) is 26.4. The zero-order valence-electron chi connectivity index (χ0n) is 22.3. The standard InChI is InChI=1S/C29H43BrO6/c1-5-6-10-14-25-26(36-29(2,3)35-25)21-20-24(13-11-8-7-9-12-15-27(31)33-4)34-28(32)22-16-18-23(30)19-17-22/h16-21,24-26H,5-15H2,1-4H3/b21-20+. The van der Waals surface area contributed by atoms with E-state index in [0.29, 0.717) is 12.0 Å². The van der Waals surface area contributed by atoms with Gasteiger partial charge < -0.3 is 18.9 Å². The Kier molecular flexibility index (Phi) is 13.7. The molecule has 202 valence electrons. The molecule has 1 aromatic rings. The van der Waals surface area contributed by atoms with Crippen molar-refractivity contribution in [3.63, 3.8) is 0 Å². The van der Waals surface area contributed by atoms with Crippen molar-refractivity contribution in [2.24, 2.45) is 0 Å². The third-order valence-electron chi connectivity index (χ3n) is 6.26. The Morgan fingerprint density at radius 2 is 1.72 bits per heavy atom. The first-order valence-corrected chi connectivity index (χ1v) is 14.1. The number of methoxy groups -OCH3 is 1. The molecule has 0 aromatic heterocycles. The minimum Gasteiger partial charge on any atom is -0.469 e. The lowest BCUT2D eigenvalue weighted by molar-refractivity contribution is -0.143. The van der Waals surface area contributed by atoms with Crippen LogP contribution in [0.25, 0.3) is 0 Å². The van der Waals surface area contributed by atoms with E-state index in [0.717, 1.165) is 62.3 Å². The highest BCUT2D eigenvalue weighted by Crippen LogP contribution is 2.32. The fourth-order valence-electron chi connectivity index (χ4n) is 4.31. The Balaban J connectivity index is 1.96. The molecule has 2 rings (SSSR count). The molecule has 1 saturated heterocycles. The number of benzene rings is 1. The number of carbonyl (C=O) groups excluding carboxylic acids is 2. The van der Waals surface area contributed by atoms with Crippen LogP contribution in [0.3, 0.4) is 0 Å². The molecule has 0 saturated carbocycles. The first-order chi connectivity index (χ1) is 17.2. The van der Waals surface area contributed by atoms with Gasteiger partial charge in [0.15, 0.2) is 5.79 Å². The van der Waals surface area contributed by atoms with Gasteiger partial charge in [-0.15, -0.1) is 0 Å². The monoisotopic (exact) mass is 566 g/mol. The van der Waals surface area contributed by atoms with Gasteiger partial charge in [0.1, 0.15) is 12.2 Å². The number of esters is 2. The summed E-state index contributed by atoms with van der Waals surface area (Å²) in [5.41, 5.74) is 0.526. The first kappa shape index (κ1) is 30.5. The second-order valence-electron chi connectivity index (χ2n) is 9.85. The molecular weight excluding hydrogens is 524 g/mol. The molecule has 1 aromatic carbocycles. The molecule has 1 aliphatic heterocycles. The lowest BCUT2D eigenvalue weighted by Gasteiger charge is -2.17. The Bertz CT molecular complexity index is 820.